The van der Waals surface area contributed by atoms with Crippen molar-refractivity contribution in [2.75, 3.05) is 11.9 Å². The van der Waals surface area contributed by atoms with Gasteiger partial charge in [-0.05, 0) is 49.4 Å². The molecule has 1 aromatic carbocycles. The van der Waals surface area contributed by atoms with E-state index in [-0.39, 0.29) is 11.7 Å². The average molecular weight is 250 g/mol. The van der Waals surface area contributed by atoms with Crippen LogP contribution in [-0.4, -0.2) is 18.5 Å². The smallest absolute Gasteiger partial charge is 0.238 e. The Balaban J connectivity index is 1.73. The minimum absolute atomic E-state index is 0.0823. The van der Waals surface area contributed by atoms with Gasteiger partial charge >= 0.3 is 0 Å². The third-order valence-corrected chi connectivity index (χ3v) is 3.37. The Morgan fingerprint density at radius 2 is 2.06 bits per heavy atom. The third kappa shape index (κ3) is 3.81. The molecule has 1 amide bonds. The van der Waals surface area contributed by atoms with E-state index in [0.717, 1.165) is 18.8 Å². The lowest BCUT2D eigenvalue weighted by atomic mass is 10.1. The zero-order chi connectivity index (χ0) is 13.0. The molecule has 98 valence electrons. The first kappa shape index (κ1) is 13.0. The summed E-state index contributed by atoms with van der Waals surface area (Å²) in [5.74, 6) is 0.370. The second-order valence-corrected chi connectivity index (χ2v) is 5.05. The van der Waals surface area contributed by atoms with E-state index in [2.05, 4.69) is 17.6 Å². The van der Waals surface area contributed by atoms with Crippen LogP contribution in [0.2, 0.25) is 0 Å². The van der Waals surface area contributed by atoms with Crippen LogP contribution in [0.3, 0.4) is 0 Å². The van der Waals surface area contributed by atoms with E-state index >= 15 is 0 Å². The molecule has 0 aromatic heterocycles. The number of hydrogen-bond donors (Lipinski definition) is 2. The normalized spacial score (nSPS) is 23.0. The number of halogens is 1. The monoisotopic (exact) mass is 250 g/mol. The molecule has 4 heteroatoms. The van der Waals surface area contributed by atoms with Gasteiger partial charge < -0.3 is 10.6 Å². The summed E-state index contributed by atoms with van der Waals surface area (Å²) in [4.78, 5) is 11.7. The van der Waals surface area contributed by atoms with Crippen molar-refractivity contribution in [3.63, 3.8) is 0 Å². The number of carbonyl (C=O) groups is 1. The fourth-order valence-corrected chi connectivity index (χ4v) is 2.37. The minimum atomic E-state index is -0.300. The van der Waals surface area contributed by atoms with Crippen LogP contribution >= 0.6 is 0 Å². The van der Waals surface area contributed by atoms with Crippen molar-refractivity contribution in [1.29, 1.82) is 0 Å². The molecule has 1 fully saturated rings. The Morgan fingerprint density at radius 3 is 2.67 bits per heavy atom. The number of anilines is 1. The van der Waals surface area contributed by atoms with E-state index in [1.807, 2.05) is 0 Å². The summed E-state index contributed by atoms with van der Waals surface area (Å²) in [6.45, 7) is 2.55. The Kier molecular flexibility index (Phi) is 4.31. The highest BCUT2D eigenvalue weighted by Crippen LogP contribution is 2.24. The lowest BCUT2D eigenvalue weighted by molar-refractivity contribution is -0.115. The molecule has 0 radical (unpaired) electrons. The second kappa shape index (κ2) is 5.96. The summed E-state index contributed by atoms with van der Waals surface area (Å²) < 4.78 is 12.7. The van der Waals surface area contributed by atoms with Gasteiger partial charge in [-0.15, -0.1) is 0 Å². The molecule has 1 aliphatic rings. The number of nitrogens with one attached hydrogen (secondary N) is 2. The third-order valence-electron chi connectivity index (χ3n) is 3.37. The summed E-state index contributed by atoms with van der Waals surface area (Å²) in [6, 6.07) is 6.25. The van der Waals surface area contributed by atoms with Gasteiger partial charge in [0.15, 0.2) is 0 Å². The largest absolute Gasteiger partial charge is 0.325 e. The maximum Gasteiger partial charge on any atom is 0.238 e. The lowest BCUT2D eigenvalue weighted by Crippen LogP contribution is -2.34. The molecule has 18 heavy (non-hydrogen) atoms. The van der Waals surface area contributed by atoms with E-state index in [1.165, 1.54) is 18.6 Å². The van der Waals surface area contributed by atoms with Crippen LogP contribution in [0, 0.1) is 11.7 Å². The van der Waals surface area contributed by atoms with Crippen LogP contribution < -0.4 is 10.6 Å². The molecule has 0 aliphatic heterocycles. The van der Waals surface area contributed by atoms with Crippen molar-refractivity contribution in [2.24, 2.45) is 5.92 Å². The predicted molar refractivity (Wildman–Crippen MR) is 69.8 cm³/mol. The van der Waals surface area contributed by atoms with Crippen molar-refractivity contribution in [3.8, 4) is 0 Å². The number of benzene rings is 1. The Labute approximate surface area is 107 Å². The molecule has 2 unspecified atom stereocenters. The summed E-state index contributed by atoms with van der Waals surface area (Å²) in [5.41, 5.74) is 0.628. The highest BCUT2D eigenvalue weighted by Gasteiger charge is 2.21. The summed E-state index contributed by atoms with van der Waals surface area (Å²) in [7, 11) is 0. The van der Waals surface area contributed by atoms with Crippen LogP contribution in [-0.2, 0) is 4.79 Å². The van der Waals surface area contributed by atoms with Crippen molar-refractivity contribution < 1.29 is 9.18 Å². The van der Waals surface area contributed by atoms with Crippen LogP contribution in [0.5, 0.6) is 0 Å². The molecule has 0 spiro atoms. The van der Waals surface area contributed by atoms with Crippen molar-refractivity contribution >= 4 is 11.6 Å². The first-order valence-corrected chi connectivity index (χ1v) is 6.42. The predicted octanol–water partition coefficient (Wildman–Crippen LogP) is 2.54. The number of carbonyl (C=O) groups excluding carboxylic acids is 1. The van der Waals surface area contributed by atoms with E-state index in [4.69, 9.17) is 0 Å². The van der Waals surface area contributed by atoms with Gasteiger partial charge in [0.05, 0.1) is 6.54 Å². The average Bonchev–Trinajstić information content (AvgIpc) is 2.76. The maximum atomic E-state index is 12.7. The summed E-state index contributed by atoms with van der Waals surface area (Å²) >= 11 is 0. The minimum Gasteiger partial charge on any atom is -0.325 e. The number of amides is 1. The van der Waals surface area contributed by atoms with Gasteiger partial charge in [-0.25, -0.2) is 4.39 Å². The zero-order valence-electron chi connectivity index (χ0n) is 10.6. The molecule has 1 aliphatic carbocycles. The molecule has 0 heterocycles. The van der Waals surface area contributed by atoms with E-state index in [1.54, 1.807) is 12.1 Å². The van der Waals surface area contributed by atoms with Gasteiger partial charge in [-0.2, -0.15) is 0 Å². The molecule has 3 nitrogen and oxygen atoms in total. The van der Waals surface area contributed by atoms with Crippen LogP contribution in [0.25, 0.3) is 0 Å². The highest BCUT2D eigenvalue weighted by molar-refractivity contribution is 5.92. The Morgan fingerprint density at radius 1 is 1.33 bits per heavy atom. The van der Waals surface area contributed by atoms with Gasteiger partial charge in [-0.1, -0.05) is 6.92 Å². The van der Waals surface area contributed by atoms with Gasteiger partial charge in [0.1, 0.15) is 5.82 Å². The van der Waals surface area contributed by atoms with Gasteiger partial charge in [0.2, 0.25) is 5.91 Å². The van der Waals surface area contributed by atoms with Crippen LogP contribution in [0.15, 0.2) is 24.3 Å². The van der Waals surface area contributed by atoms with E-state index in [9.17, 15) is 9.18 Å². The SMILES string of the molecule is CC1CCC(NCC(=O)Nc2ccc(F)cc2)C1. The van der Waals surface area contributed by atoms with Crippen molar-refractivity contribution in [3.05, 3.63) is 30.1 Å². The Bertz CT molecular complexity index is 405. The van der Waals surface area contributed by atoms with Crippen molar-refractivity contribution in [2.45, 2.75) is 32.2 Å². The second-order valence-electron chi connectivity index (χ2n) is 5.05. The van der Waals surface area contributed by atoms with Gasteiger partial charge in [0.25, 0.3) is 0 Å². The summed E-state index contributed by atoms with van der Waals surface area (Å²) in [6.07, 6.45) is 3.52. The standard InChI is InChI=1S/C14H19FN2O/c1-10-2-5-13(8-10)16-9-14(18)17-12-6-3-11(15)4-7-12/h3-4,6-7,10,13,16H,2,5,8-9H2,1H3,(H,17,18). The maximum absolute atomic E-state index is 12.7. The number of rotatable bonds is 4. The molecule has 0 saturated heterocycles. The fraction of sp³-hybridized carbons (Fsp3) is 0.500. The molecule has 1 saturated carbocycles. The molecule has 0 bridgehead atoms. The molecule has 1 aromatic rings. The summed E-state index contributed by atoms with van der Waals surface area (Å²) in [5, 5.41) is 5.99. The Hall–Kier alpha value is -1.42. The quantitative estimate of drug-likeness (QED) is 0.862. The molecule has 2 N–H and O–H groups in total. The van der Waals surface area contributed by atoms with Gasteiger partial charge in [-0.3, -0.25) is 4.79 Å². The first-order valence-electron chi connectivity index (χ1n) is 6.42. The fourth-order valence-electron chi connectivity index (χ4n) is 2.37. The zero-order valence-corrected chi connectivity index (χ0v) is 10.6. The van der Waals surface area contributed by atoms with Crippen LogP contribution in [0.4, 0.5) is 10.1 Å². The topological polar surface area (TPSA) is 41.1 Å². The van der Waals surface area contributed by atoms with Crippen LogP contribution in [0.1, 0.15) is 26.2 Å². The van der Waals surface area contributed by atoms with E-state index < -0.39 is 0 Å². The van der Waals surface area contributed by atoms with Crippen molar-refractivity contribution in [1.82, 2.24) is 5.32 Å². The molecule has 2 rings (SSSR count). The molecular formula is C14H19FN2O. The molecule has 2 atom stereocenters. The molecular weight excluding hydrogens is 231 g/mol. The highest BCUT2D eigenvalue weighted by atomic mass is 19.1. The van der Waals surface area contributed by atoms with E-state index in [0.29, 0.717) is 18.3 Å². The van der Waals surface area contributed by atoms with Gasteiger partial charge in [0, 0.05) is 11.7 Å². The number of hydrogen-bond acceptors (Lipinski definition) is 2. The lowest BCUT2D eigenvalue weighted by Gasteiger charge is -2.12. The first-order chi connectivity index (χ1) is 8.63.